The molecule has 1 aromatic carbocycles. The van der Waals surface area contributed by atoms with E-state index in [2.05, 4.69) is 17.6 Å². The van der Waals surface area contributed by atoms with Gasteiger partial charge in [-0.3, -0.25) is 0 Å². The summed E-state index contributed by atoms with van der Waals surface area (Å²) in [5, 5.41) is 20.7. The Labute approximate surface area is 99.5 Å². The molecule has 1 heterocycles. The number of benzene rings is 1. The summed E-state index contributed by atoms with van der Waals surface area (Å²) < 4.78 is 0. The molecular formula is C12H15NO2S. The second-order valence-corrected chi connectivity index (χ2v) is 4.30. The van der Waals surface area contributed by atoms with Gasteiger partial charge in [0.15, 0.2) is 0 Å². The zero-order valence-corrected chi connectivity index (χ0v) is 9.69. The van der Waals surface area contributed by atoms with Crippen molar-refractivity contribution in [3.63, 3.8) is 0 Å². The third-order valence-corrected chi connectivity index (χ3v) is 2.97. The lowest BCUT2D eigenvalue weighted by Crippen LogP contribution is -2.18. The summed E-state index contributed by atoms with van der Waals surface area (Å²) in [5.41, 5.74) is 1.69. The van der Waals surface area contributed by atoms with Crippen LogP contribution >= 0.6 is 12.6 Å². The third-order valence-electron chi connectivity index (χ3n) is 2.71. The summed E-state index contributed by atoms with van der Waals surface area (Å²) >= 11 is 4.04. The van der Waals surface area contributed by atoms with E-state index < -0.39 is 12.2 Å². The van der Waals surface area contributed by atoms with Crippen LogP contribution in [0.1, 0.15) is 18.1 Å². The van der Waals surface area contributed by atoms with Crippen molar-refractivity contribution in [1.82, 2.24) is 4.98 Å². The van der Waals surface area contributed by atoms with Gasteiger partial charge in [-0.05, 0) is 35.3 Å². The van der Waals surface area contributed by atoms with E-state index in [1.165, 1.54) is 0 Å². The molecule has 0 amide bonds. The zero-order valence-electron chi connectivity index (χ0n) is 8.80. The quantitative estimate of drug-likeness (QED) is 0.614. The summed E-state index contributed by atoms with van der Waals surface area (Å²) in [5.74, 6) is 0.559. The predicted molar refractivity (Wildman–Crippen MR) is 67.7 cm³/mol. The number of nitrogens with one attached hydrogen (secondary N) is 1. The number of aliphatic hydroxyl groups excluding tert-OH is 2. The molecule has 3 N–H and O–H groups in total. The lowest BCUT2D eigenvalue weighted by molar-refractivity contribution is 0.0173. The number of rotatable bonds is 4. The number of thiol groups is 1. The number of hydrogen-bond acceptors (Lipinski definition) is 3. The van der Waals surface area contributed by atoms with Crippen LogP contribution in [0.5, 0.6) is 0 Å². The van der Waals surface area contributed by atoms with E-state index in [0.717, 1.165) is 16.5 Å². The lowest BCUT2D eigenvalue weighted by atomic mass is 10.0. The molecule has 3 nitrogen and oxygen atoms in total. The van der Waals surface area contributed by atoms with Crippen LogP contribution in [0.15, 0.2) is 30.5 Å². The van der Waals surface area contributed by atoms with E-state index in [9.17, 15) is 10.2 Å². The molecule has 0 fully saturated rings. The average molecular weight is 237 g/mol. The third kappa shape index (κ3) is 2.24. The second-order valence-electron chi connectivity index (χ2n) is 3.85. The van der Waals surface area contributed by atoms with E-state index in [4.69, 9.17) is 0 Å². The molecule has 0 spiro atoms. The van der Waals surface area contributed by atoms with Crippen molar-refractivity contribution >= 4 is 23.5 Å². The van der Waals surface area contributed by atoms with Crippen molar-refractivity contribution < 1.29 is 10.2 Å². The van der Waals surface area contributed by atoms with Gasteiger partial charge in [0.1, 0.15) is 6.10 Å². The zero-order chi connectivity index (χ0) is 11.5. The van der Waals surface area contributed by atoms with Crippen LogP contribution in [-0.4, -0.2) is 27.1 Å². The van der Waals surface area contributed by atoms with Crippen molar-refractivity contribution in [1.29, 1.82) is 0 Å². The molecular weight excluding hydrogens is 222 g/mol. The first-order valence-corrected chi connectivity index (χ1v) is 5.89. The van der Waals surface area contributed by atoms with Crippen LogP contribution in [-0.2, 0) is 0 Å². The number of aromatic nitrogens is 1. The van der Waals surface area contributed by atoms with Gasteiger partial charge in [0.2, 0.25) is 0 Å². The van der Waals surface area contributed by atoms with Crippen LogP contribution in [0.2, 0.25) is 0 Å². The highest BCUT2D eigenvalue weighted by molar-refractivity contribution is 7.80. The molecule has 0 aliphatic carbocycles. The van der Waals surface area contributed by atoms with E-state index >= 15 is 0 Å². The van der Waals surface area contributed by atoms with Gasteiger partial charge in [-0.25, -0.2) is 0 Å². The molecule has 2 atom stereocenters. The Balaban J connectivity index is 2.24. The summed E-state index contributed by atoms with van der Waals surface area (Å²) in [4.78, 5) is 3.08. The fourth-order valence-corrected chi connectivity index (χ4v) is 2.03. The number of hydrogen-bond donors (Lipinski definition) is 4. The van der Waals surface area contributed by atoms with Gasteiger partial charge in [0.25, 0.3) is 0 Å². The number of H-pyrrole nitrogens is 1. The molecule has 4 heteroatoms. The van der Waals surface area contributed by atoms with Gasteiger partial charge in [-0.15, -0.1) is 0 Å². The van der Waals surface area contributed by atoms with E-state index in [1.807, 2.05) is 30.5 Å². The molecule has 16 heavy (non-hydrogen) atoms. The maximum atomic E-state index is 9.92. The minimum atomic E-state index is -0.847. The predicted octanol–water partition coefficient (Wildman–Crippen LogP) is 1.88. The molecule has 0 bridgehead atoms. The van der Waals surface area contributed by atoms with Crippen molar-refractivity contribution in [2.45, 2.75) is 18.6 Å². The molecule has 0 saturated heterocycles. The van der Waals surface area contributed by atoms with E-state index in [-0.39, 0.29) is 0 Å². The molecule has 0 saturated carbocycles. The van der Waals surface area contributed by atoms with Crippen molar-refractivity contribution in [3.8, 4) is 0 Å². The highest BCUT2D eigenvalue weighted by atomic mass is 32.1. The van der Waals surface area contributed by atoms with Crippen molar-refractivity contribution in [2.75, 3.05) is 5.75 Å². The summed E-state index contributed by atoms with van der Waals surface area (Å²) in [6, 6.07) is 7.60. The van der Waals surface area contributed by atoms with Gasteiger partial charge in [-0.1, -0.05) is 12.1 Å². The lowest BCUT2D eigenvalue weighted by Gasteiger charge is -2.17. The van der Waals surface area contributed by atoms with Crippen LogP contribution in [0.25, 0.3) is 10.9 Å². The Morgan fingerprint density at radius 2 is 2.06 bits per heavy atom. The first-order valence-electron chi connectivity index (χ1n) is 5.26. The smallest absolute Gasteiger partial charge is 0.105 e. The van der Waals surface area contributed by atoms with Gasteiger partial charge < -0.3 is 15.2 Å². The SMILES string of the molecule is OC(CCS)C(O)c1ccc2cc[nH]c2c1. The highest BCUT2D eigenvalue weighted by Gasteiger charge is 2.17. The second kappa shape index (κ2) is 4.91. The molecule has 2 aromatic rings. The maximum Gasteiger partial charge on any atom is 0.105 e. The minimum Gasteiger partial charge on any atom is -0.390 e. The van der Waals surface area contributed by atoms with Gasteiger partial charge in [-0.2, -0.15) is 12.6 Å². The Morgan fingerprint density at radius 3 is 2.81 bits per heavy atom. The van der Waals surface area contributed by atoms with Crippen LogP contribution in [0.4, 0.5) is 0 Å². The summed E-state index contributed by atoms with van der Waals surface area (Å²) in [7, 11) is 0. The fourth-order valence-electron chi connectivity index (χ4n) is 1.76. The van der Waals surface area contributed by atoms with E-state index in [0.29, 0.717) is 12.2 Å². The molecule has 1 aromatic heterocycles. The summed E-state index contributed by atoms with van der Waals surface area (Å²) in [6.07, 6.45) is 0.725. The topological polar surface area (TPSA) is 56.2 Å². The van der Waals surface area contributed by atoms with Crippen molar-refractivity contribution in [2.24, 2.45) is 0 Å². The molecule has 0 aliphatic heterocycles. The molecule has 2 rings (SSSR count). The van der Waals surface area contributed by atoms with Gasteiger partial charge in [0.05, 0.1) is 6.10 Å². The summed E-state index contributed by atoms with van der Waals surface area (Å²) in [6.45, 7) is 0. The van der Waals surface area contributed by atoms with Crippen LogP contribution < -0.4 is 0 Å². The number of fused-ring (bicyclic) bond motifs is 1. The number of aromatic amines is 1. The van der Waals surface area contributed by atoms with E-state index in [1.54, 1.807) is 0 Å². The largest absolute Gasteiger partial charge is 0.390 e. The van der Waals surface area contributed by atoms with Gasteiger partial charge in [0, 0.05) is 11.7 Å². The highest BCUT2D eigenvalue weighted by Crippen LogP contribution is 2.23. The van der Waals surface area contributed by atoms with Crippen LogP contribution in [0.3, 0.4) is 0 Å². The normalized spacial score (nSPS) is 15.2. The van der Waals surface area contributed by atoms with Crippen LogP contribution in [0, 0.1) is 0 Å². The molecule has 2 unspecified atom stereocenters. The monoisotopic (exact) mass is 237 g/mol. The first-order chi connectivity index (χ1) is 7.72. The molecule has 86 valence electrons. The van der Waals surface area contributed by atoms with Gasteiger partial charge >= 0.3 is 0 Å². The Kier molecular flexibility index (Phi) is 3.53. The Bertz CT molecular complexity index is 469. The fraction of sp³-hybridized carbons (Fsp3) is 0.333. The molecule has 0 radical (unpaired) electrons. The Morgan fingerprint density at radius 1 is 1.25 bits per heavy atom. The Hall–Kier alpha value is -0.970. The number of aliphatic hydroxyl groups is 2. The average Bonchev–Trinajstić information content (AvgIpc) is 2.75. The minimum absolute atomic E-state index is 0.479. The van der Waals surface area contributed by atoms with Crippen molar-refractivity contribution in [3.05, 3.63) is 36.0 Å². The standard InChI is InChI=1S/C12H15NO2S/c14-11(4-6-16)12(15)9-2-1-8-3-5-13-10(8)7-9/h1-3,5,7,11-16H,4,6H2. The maximum absolute atomic E-state index is 9.92. The molecule has 0 aliphatic rings. The first kappa shape index (κ1) is 11.5.